The van der Waals surface area contributed by atoms with E-state index in [9.17, 15) is 9.11 Å². The number of benzene rings is 1. The largest absolute Gasteiger partial charge is 0.383 e. The molecule has 1 atom stereocenters. The number of methoxy groups -OCH3 is 1. The highest BCUT2D eigenvalue weighted by Crippen LogP contribution is 2.54. The van der Waals surface area contributed by atoms with E-state index in [1.165, 1.54) is 0 Å². The first-order valence-corrected chi connectivity index (χ1v) is 7.66. The van der Waals surface area contributed by atoms with Crippen LogP contribution in [0.15, 0.2) is 29.2 Å². The number of rotatable bonds is 4. The van der Waals surface area contributed by atoms with Crippen molar-refractivity contribution in [3.05, 3.63) is 29.8 Å². The Hall–Kier alpha value is -0.590. The van der Waals surface area contributed by atoms with Crippen molar-refractivity contribution in [3.63, 3.8) is 0 Å². The van der Waals surface area contributed by atoms with Crippen LogP contribution in [0.4, 0.5) is 0 Å². The van der Waals surface area contributed by atoms with Gasteiger partial charge in [0.25, 0.3) is 0 Å². The van der Waals surface area contributed by atoms with Crippen LogP contribution < -0.4 is 0 Å². The lowest BCUT2D eigenvalue weighted by molar-refractivity contribution is 0.144. The summed E-state index contributed by atoms with van der Waals surface area (Å²) in [5.74, 6) is 0. The van der Waals surface area contributed by atoms with Crippen molar-refractivity contribution in [1.29, 1.82) is 0 Å². The van der Waals surface area contributed by atoms with E-state index in [0.29, 0.717) is 18.0 Å². The summed E-state index contributed by atoms with van der Waals surface area (Å²) < 4.78 is 27.9. The lowest BCUT2D eigenvalue weighted by atomic mass is 10.2. The molecule has 1 aliphatic heterocycles. The molecule has 1 heterocycles. The van der Waals surface area contributed by atoms with Crippen molar-refractivity contribution in [2.75, 3.05) is 20.3 Å². The van der Waals surface area contributed by atoms with E-state index in [1.54, 1.807) is 23.5 Å². The van der Waals surface area contributed by atoms with Crippen molar-refractivity contribution >= 4 is 10.8 Å². The van der Waals surface area contributed by atoms with Gasteiger partial charge in [0, 0.05) is 13.7 Å². The first-order valence-electron chi connectivity index (χ1n) is 6.16. The summed E-state index contributed by atoms with van der Waals surface area (Å²) in [6, 6.07) is 7.51. The number of hydrogen-bond acceptors (Lipinski definition) is 4. The predicted octanol–water partition coefficient (Wildman–Crippen LogP) is 3.13. The molecular formula is C13H21NO3S. The van der Waals surface area contributed by atoms with E-state index in [4.69, 9.17) is 4.74 Å². The van der Waals surface area contributed by atoms with Gasteiger partial charge in [-0.05, 0) is 31.9 Å². The van der Waals surface area contributed by atoms with E-state index < -0.39 is 10.8 Å². The number of hydrogen-bond donors (Lipinski definition) is 2. The molecule has 1 saturated heterocycles. The molecule has 1 fully saturated rings. The van der Waals surface area contributed by atoms with Crippen LogP contribution in [0.25, 0.3) is 0 Å². The quantitative estimate of drug-likeness (QED) is 0.883. The molecule has 0 spiro atoms. The zero-order chi connectivity index (χ0) is 13.2. The zero-order valence-electron chi connectivity index (χ0n) is 10.9. The first-order chi connectivity index (χ1) is 8.55. The van der Waals surface area contributed by atoms with Crippen molar-refractivity contribution in [2.45, 2.75) is 30.7 Å². The average Bonchev–Trinajstić information content (AvgIpc) is 2.79. The molecule has 5 heteroatoms. The highest BCUT2D eigenvalue weighted by atomic mass is 32.3. The highest BCUT2D eigenvalue weighted by molar-refractivity contribution is 8.22. The Morgan fingerprint density at radius 1 is 1.33 bits per heavy atom. The van der Waals surface area contributed by atoms with Crippen molar-refractivity contribution in [3.8, 4) is 0 Å². The van der Waals surface area contributed by atoms with E-state index in [0.717, 1.165) is 18.4 Å². The van der Waals surface area contributed by atoms with E-state index in [2.05, 4.69) is 0 Å². The van der Waals surface area contributed by atoms with Gasteiger partial charge < -0.3 is 4.74 Å². The van der Waals surface area contributed by atoms with Crippen LogP contribution in [0, 0.1) is 6.92 Å². The summed E-state index contributed by atoms with van der Waals surface area (Å²) >= 11 is 0. The second-order valence-electron chi connectivity index (χ2n) is 4.72. The maximum Gasteiger partial charge on any atom is 0.0752 e. The van der Waals surface area contributed by atoms with Crippen LogP contribution in [0.1, 0.15) is 18.4 Å². The maximum absolute atomic E-state index is 10.5. The molecule has 1 aliphatic rings. The second kappa shape index (κ2) is 5.59. The van der Waals surface area contributed by atoms with Gasteiger partial charge in [-0.25, -0.2) is 0 Å². The molecule has 18 heavy (non-hydrogen) atoms. The van der Waals surface area contributed by atoms with E-state index in [-0.39, 0.29) is 6.04 Å². The first kappa shape index (κ1) is 13.8. The van der Waals surface area contributed by atoms with Gasteiger partial charge >= 0.3 is 0 Å². The van der Waals surface area contributed by atoms with Crippen LogP contribution in [0.3, 0.4) is 0 Å². The normalized spacial score (nSPS) is 22.3. The molecule has 0 aromatic heterocycles. The molecule has 2 rings (SSSR count). The topological polar surface area (TPSA) is 52.9 Å². The Morgan fingerprint density at radius 2 is 2.00 bits per heavy atom. The summed E-state index contributed by atoms with van der Waals surface area (Å²) in [6.45, 7) is 3.24. The fraction of sp³-hybridized carbons (Fsp3) is 0.538. The Bertz CT molecular complexity index is 394. The van der Waals surface area contributed by atoms with Crippen molar-refractivity contribution in [2.24, 2.45) is 0 Å². The smallest absolute Gasteiger partial charge is 0.0752 e. The zero-order valence-corrected chi connectivity index (χ0v) is 11.7. The molecule has 2 N–H and O–H groups in total. The number of aryl methyl sites for hydroxylation is 1. The lowest BCUT2D eigenvalue weighted by Gasteiger charge is -2.43. The highest BCUT2D eigenvalue weighted by Gasteiger charge is 2.35. The summed E-state index contributed by atoms with van der Waals surface area (Å²) in [7, 11) is -1.23. The molecule has 102 valence electrons. The van der Waals surface area contributed by atoms with Gasteiger partial charge in [0.05, 0.1) is 17.5 Å². The molecule has 0 amide bonds. The monoisotopic (exact) mass is 271 g/mol. The number of nitrogens with zero attached hydrogens (tertiary/aromatic N) is 1. The molecule has 4 nitrogen and oxygen atoms in total. The third kappa shape index (κ3) is 2.70. The lowest BCUT2D eigenvalue weighted by Crippen LogP contribution is -2.35. The van der Waals surface area contributed by atoms with Crippen LogP contribution in [-0.4, -0.2) is 39.7 Å². The Morgan fingerprint density at radius 3 is 2.61 bits per heavy atom. The molecule has 0 aliphatic carbocycles. The second-order valence-corrected chi connectivity index (χ2v) is 6.70. The SMILES string of the molecule is COCC1CCCN1S(O)(O)c1ccc(C)cc1. The third-order valence-corrected chi connectivity index (χ3v) is 5.39. The molecule has 1 unspecified atom stereocenters. The van der Waals surface area contributed by atoms with Gasteiger partial charge in [-0.2, -0.15) is 4.31 Å². The Balaban J connectivity index is 2.21. The van der Waals surface area contributed by atoms with Crippen molar-refractivity contribution in [1.82, 2.24) is 4.31 Å². The average molecular weight is 271 g/mol. The molecule has 0 radical (unpaired) electrons. The van der Waals surface area contributed by atoms with Gasteiger partial charge in [-0.3, -0.25) is 9.11 Å². The van der Waals surface area contributed by atoms with Gasteiger partial charge in [0.2, 0.25) is 0 Å². The minimum atomic E-state index is -2.87. The fourth-order valence-corrected chi connectivity index (χ4v) is 4.10. The van der Waals surface area contributed by atoms with E-state index in [1.807, 2.05) is 19.1 Å². The Kier molecular flexibility index (Phi) is 4.29. The van der Waals surface area contributed by atoms with Gasteiger partial charge in [0.15, 0.2) is 0 Å². The van der Waals surface area contributed by atoms with Crippen molar-refractivity contribution < 1.29 is 13.8 Å². The van der Waals surface area contributed by atoms with Gasteiger partial charge in [-0.15, -0.1) is 10.8 Å². The van der Waals surface area contributed by atoms with Gasteiger partial charge in [0.1, 0.15) is 0 Å². The summed E-state index contributed by atoms with van der Waals surface area (Å²) in [5.41, 5.74) is 1.11. The third-order valence-electron chi connectivity index (χ3n) is 3.35. The summed E-state index contributed by atoms with van der Waals surface area (Å²) in [4.78, 5) is 0.594. The predicted molar refractivity (Wildman–Crippen MR) is 73.9 cm³/mol. The fourth-order valence-electron chi connectivity index (χ4n) is 2.36. The molecule has 0 bridgehead atoms. The molecule has 0 saturated carbocycles. The van der Waals surface area contributed by atoms with Gasteiger partial charge in [-0.1, -0.05) is 17.7 Å². The van der Waals surface area contributed by atoms with Crippen LogP contribution in [0.2, 0.25) is 0 Å². The summed E-state index contributed by atoms with van der Waals surface area (Å²) in [5, 5.41) is 0. The van der Waals surface area contributed by atoms with Crippen LogP contribution in [-0.2, 0) is 4.74 Å². The summed E-state index contributed by atoms with van der Waals surface area (Å²) in [6.07, 6.45) is 1.94. The number of ether oxygens (including phenoxy) is 1. The Labute approximate surface area is 110 Å². The minimum absolute atomic E-state index is 0.0984. The van der Waals surface area contributed by atoms with E-state index >= 15 is 0 Å². The van der Waals surface area contributed by atoms with Crippen LogP contribution in [0.5, 0.6) is 0 Å². The van der Waals surface area contributed by atoms with Crippen LogP contribution >= 0.6 is 10.8 Å². The molecular weight excluding hydrogens is 250 g/mol. The molecule has 1 aromatic rings. The minimum Gasteiger partial charge on any atom is -0.383 e. The molecule has 1 aromatic carbocycles. The standard InChI is InChI=1S/C13H21NO3S/c1-11-5-7-13(8-6-11)18(15,16)14-9-3-4-12(14)10-17-2/h5-8,12,15-16H,3-4,9-10H2,1-2H3. The maximum atomic E-state index is 10.5.